The van der Waals surface area contributed by atoms with Gasteiger partial charge < -0.3 is 10.2 Å². The van der Waals surface area contributed by atoms with Gasteiger partial charge in [0, 0.05) is 11.1 Å². The van der Waals surface area contributed by atoms with E-state index in [0.29, 0.717) is 23.0 Å². The molecule has 0 fully saturated rings. The summed E-state index contributed by atoms with van der Waals surface area (Å²) in [6, 6.07) is 1.54. The molecule has 0 aliphatic heterocycles. The van der Waals surface area contributed by atoms with Crippen LogP contribution in [0.3, 0.4) is 0 Å². The van der Waals surface area contributed by atoms with Gasteiger partial charge in [-0.1, -0.05) is 0 Å². The Morgan fingerprint density at radius 2 is 1.83 bits per heavy atom. The SMILES string of the molecule is Cc1cc(C=O)c(C)c(O)c1O. The molecule has 0 heterocycles. The molecular weight excluding hydrogens is 156 g/mol. The highest BCUT2D eigenvalue weighted by Crippen LogP contribution is 2.33. The lowest BCUT2D eigenvalue weighted by Gasteiger charge is -2.06. The molecule has 3 nitrogen and oxygen atoms in total. The average molecular weight is 166 g/mol. The van der Waals surface area contributed by atoms with Crippen molar-refractivity contribution >= 4 is 6.29 Å². The average Bonchev–Trinajstić information content (AvgIpc) is 2.08. The van der Waals surface area contributed by atoms with E-state index in [1.165, 1.54) is 6.07 Å². The van der Waals surface area contributed by atoms with Gasteiger partial charge in [0.25, 0.3) is 0 Å². The van der Waals surface area contributed by atoms with Crippen LogP contribution in [0.4, 0.5) is 0 Å². The minimum atomic E-state index is -0.211. The lowest BCUT2D eigenvalue weighted by molar-refractivity contribution is 0.112. The Labute approximate surface area is 70.3 Å². The zero-order chi connectivity index (χ0) is 9.30. The summed E-state index contributed by atoms with van der Waals surface area (Å²) < 4.78 is 0. The smallest absolute Gasteiger partial charge is 0.161 e. The Balaban J connectivity index is 3.49. The van der Waals surface area contributed by atoms with Crippen molar-refractivity contribution in [2.75, 3.05) is 0 Å². The topological polar surface area (TPSA) is 57.5 Å². The van der Waals surface area contributed by atoms with Crippen LogP contribution in [0.5, 0.6) is 11.5 Å². The maximum atomic E-state index is 10.5. The first kappa shape index (κ1) is 8.59. The van der Waals surface area contributed by atoms with Gasteiger partial charge in [0.05, 0.1) is 0 Å². The Bertz CT molecular complexity index is 329. The lowest BCUT2D eigenvalue weighted by Crippen LogP contribution is -1.89. The molecule has 0 unspecified atom stereocenters. The number of phenols is 2. The molecule has 0 aliphatic carbocycles. The predicted molar refractivity (Wildman–Crippen MR) is 44.6 cm³/mol. The minimum Gasteiger partial charge on any atom is -0.504 e. The molecule has 0 saturated heterocycles. The molecule has 64 valence electrons. The quantitative estimate of drug-likeness (QED) is 0.491. The van der Waals surface area contributed by atoms with E-state index in [4.69, 9.17) is 0 Å². The fourth-order valence-corrected chi connectivity index (χ4v) is 1.03. The first-order valence-corrected chi connectivity index (χ1v) is 3.55. The summed E-state index contributed by atoms with van der Waals surface area (Å²) >= 11 is 0. The van der Waals surface area contributed by atoms with Crippen molar-refractivity contribution in [2.24, 2.45) is 0 Å². The molecule has 0 radical (unpaired) electrons. The maximum Gasteiger partial charge on any atom is 0.161 e. The van der Waals surface area contributed by atoms with Gasteiger partial charge in [-0.15, -0.1) is 0 Å². The number of benzene rings is 1. The standard InChI is InChI=1S/C9H10O3/c1-5-3-7(4-10)6(2)9(12)8(5)11/h3-4,11-12H,1-2H3. The second kappa shape index (κ2) is 2.85. The van der Waals surface area contributed by atoms with E-state index in [2.05, 4.69) is 0 Å². The lowest BCUT2D eigenvalue weighted by atomic mass is 10.0. The van der Waals surface area contributed by atoms with Gasteiger partial charge in [-0.25, -0.2) is 0 Å². The normalized spacial score (nSPS) is 9.83. The third-order valence-electron chi connectivity index (χ3n) is 1.89. The Morgan fingerprint density at radius 3 is 2.33 bits per heavy atom. The van der Waals surface area contributed by atoms with Gasteiger partial charge >= 0.3 is 0 Å². The molecule has 1 aromatic rings. The van der Waals surface area contributed by atoms with Crippen molar-refractivity contribution in [3.8, 4) is 11.5 Å². The zero-order valence-corrected chi connectivity index (χ0v) is 6.96. The van der Waals surface area contributed by atoms with Crippen molar-refractivity contribution < 1.29 is 15.0 Å². The molecule has 0 atom stereocenters. The molecule has 2 N–H and O–H groups in total. The Kier molecular flexibility index (Phi) is 2.04. The van der Waals surface area contributed by atoms with Crippen molar-refractivity contribution in [3.63, 3.8) is 0 Å². The van der Waals surface area contributed by atoms with E-state index in [9.17, 15) is 15.0 Å². The third-order valence-corrected chi connectivity index (χ3v) is 1.89. The largest absolute Gasteiger partial charge is 0.504 e. The van der Waals surface area contributed by atoms with Gasteiger partial charge in [0.2, 0.25) is 0 Å². The molecular formula is C9H10O3. The molecule has 1 rings (SSSR count). The predicted octanol–water partition coefficient (Wildman–Crippen LogP) is 1.53. The highest BCUT2D eigenvalue weighted by molar-refractivity contribution is 5.80. The fourth-order valence-electron chi connectivity index (χ4n) is 1.03. The number of phenolic OH excluding ortho intramolecular Hbond substituents is 2. The number of rotatable bonds is 1. The fraction of sp³-hybridized carbons (Fsp3) is 0.222. The summed E-state index contributed by atoms with van der Waals surface area (Å²) in [5.74, 6) is -0.366. The summed E-state index contributed by atoms with van der Waals surface area (Å²) in [6.07, 6.45) is 0.654. The maximum absolute atomic E-state index is 10.5. The Morgan fingerprint density at radius 1 is 1.25 bits per heavy atom. The first-order chi connectivity index (χ1) is 5.57. The summed E-state index contributed by atoms with van der Waals surface area (Å²) in [6.45, 7) is 3.21. The second-order valence-corrected chi connectivity index (χ2v) is 2.72. The van der Waals surface area contributed by atoms with E-state index in [0.717, 1.165) is 0 Å². The molecule has 0 aliphatic rings. The van der Waals surface area contributed by atoms with E-state index < -0.39 is 0 Å². The van der Waals surface area contributed by atoms with Gasteiger partial charge in [-0.05, 0) is 25.5 Å². The summed E-state index contributed by atoms with van der Waals surface area (Å²) in [5, 5.41) is 18.5. The minimum absolute atomic E-state index is 0.155. The number of carbonyl (C=O) groups is 1. The molecule has 3 heteroatoms. The van der Waals surface area contributed by atoms with E-state index in [-0.39, 0.29) is 11.5 Å². The van der Waals surface area contributed by atoms with Crippen LogP contribution in [0.15, 0.2) is 6.07 Å². The number of aryl methyl sites for hydroxylation is 1. The zero-order valence-electron chi connectivity index (χ0n) is 6.96. The summed E-state index contributed by atoms with van der Waals surface area (Å²) in [5.41, 5.74) is 1.32. The molecule has 0 aromatic heterocycles. The molecule has 1 aromatic carbocycles. The highest BCUT2D eigenvalue weighted by Gasteiger charge is 2.10. The Hall–Kier alpha value is -1.51. The van der Waals surface area contributed by atoms with Gasteiger partial charge in [0.15, 0.2) is 11.5 Å². The van der Waals surface area contributed by atoms with Crippen molar-refractivity contribution in [1.29, 1.82) is 0 Å². The number of aldehydes is 1. The van der Waals surface area contributed by atoms with Crippen LogP contribution in [-0.2, 0) is 0 Å². The van der Waals surface area contributed by atoms with Crippen LogP contribution < -0.4 is 0 Å². The molecule has 0 spiro atoms. The van der Waals surface area contributed by atoms with Crippen LogP contribution >= 0.6 is 0 Å². The van der Waals surface area contributed by atoms with Gasteiger partial charge in [-0.2, -0.15) is 0 Å². The van der Waals surface area contributed by atoms with Crippen LogP contribution in [-0.4, -0.2) is 16.5 Å². The highest BCUT2D eigenvalue weighted by atomic mass is 16.3. The van der Waals surface area contributed by atoms with Crippen molar-refractivity contribution in [1.82, 2.24) is 0 Å². The number of hydrogen-bond acceptors (Lipinski definition) is 3. The van der Waals surface area contributed by atoms with Crippen LogP contribution in [0.1, 0.15) is 21.5 Å². The third kappa shape index (κ3) is 1.13. The number of aromatic hydroxyl groups is 2. The summed E-state index contributed by atoms with van der Waals surface area (Å²) in [4.78, 5) is 10.5. The van der Waals surface area contributed by atoms with Crippen LogP contribution in [0, 0.1) is 13.8 Å². The number of hydrogen-bond donors (Lipinski definition) is 2. The monoisotopic (exact) mass is 166 g/mol. The molecule has 0 saturated carbocycles. The summed E-state index contributed by atoms with van der Waals surface area (Å²) in [7, 11) is 0. The number of carbonyl (C=O) groups excluding carboxylic acids is 1. The molecule has 0 bridgehead atoms. The first-order valence-electron chi connectivity index (χ1n) is 3.55. The van der Waals surface area contributed by atoms with Crippen LogP contribution in [0.2, 0.25) is 0 Å². The van der Waals surface area contributed by atoms with Crippen molar-refractivity contribution in [3.05, 3.63) is 22.8 Å². The van der Waals surface area contributed by atoms with E-state index >= 15 is 0 Å². The molecule has 0 amide bonds. The van der Waals surface area contributed by atoms with E-state index in [1.54, 1.807) is 13.8 Å². The van der Waals surface area contributed by atoms with Crippen LogP contribution in [0.25, 0.3) is 0 Å². The van der Waals surface area contributed by atoms with Gasteiger partial charge in [0.1, 0.15) is 6.29 Å². The van der Waals surface area contributed by atoms with Gasteiger partial charge in [-0.3, -0.25) is 4.79 Å². The molecule has 12 heavy (non-hydrogen) atoms. The van der Waals surface area contributed by atoms with Crippen molar-refractivity contribution in [2.45, 2.75) is 13.8 Å². The van der Waals surface area contributed by atoms with E-state index in [1.807, 2.05) is 0 Å². The second-order valence-electron chi connectivity index (χ2n) is 2.72.